The van der Waals surface area contributed by atoms with Gasteiger partial charge in [-0.05, 0) is 43.7 Å². The number of ether oxygens (including phenoxy) is 1. The highest BCUT2D eigenvalue weighted by atomic mass is 16.5. The first kappa shape index (κ1) is 19.1. The van der Waals surface area contributed by atoms with Gasteiger partial charge in [0, 0.05) is 5.39 Å². The van der Waals surface area contributed by atoms with Crippen LogP contribution in [-0.4, -0.2) is 44.9 Å². The largest absolute Gasteiger partial charge is 0.456 e. The Bertz CT molecular complexity index is 984. The van der Waals surface area contributed by atoms with E-state index >= 15 is 0 Å². The van der Waals surface area contributed by atoms with E-state index in [0.717, 1.165) is 17.7 Å². The van der Waals surface area contributed by atoms with Crippen LogP contribution >= 0.6 is 0 Å². The number of nitrogens with one attached hydrogen (secondary N) is 1. The van der Waals surface area contributed by atoms with Crippen LogP contribution in [0.15, 0.2) is 24.3 Å². The lowest BCUT2D eigenvalue weighted by Gasteiger charge is -2.33. The predicted molar refractivity (Wildman–Crippen MR) is 104 cm³/mol. The molecule has 9 nitrogen and oxygen atoms in total. The van der Waals surface area contributed by atoms with E-state index in [1.165, 1.54) is 0 Å². The van der Waals surface area contributed by atoms with Crippen LogP contribution in [0.2, 0.25) is 0 Å². The Kier molecular flexibility index (Phi) is 4.81. The summed E-state index contributed by atoms with van der Waals surface area (Å²) in [7, 11) is 0. The molecule has 0 atom stereocenters. The summed E-state index contributed by atoms with van der Waals surface area (Å²) in [5.74, 6) is 0.0232. The number of urea groups is 1. The molecule has 0 bridgehead atoms. The number of anilines is 1. The number of carbonyl (C=O) groups is 3. The van der Waals surface area contributed by atoms with Gasteiger partial charge in [-0.15, -0.1) is 0 Å². The molecule has 3 N–H and O–H groups in total. The van der Waals surface area contributed by atoms with Crippen molar-refractivity contribution in [3.8, 4) is 0 Å². The van der Waals surface area contributed by atoms with Gasteiger partial charge in [-0.3, -0.25) is 14.5 Å². The summed E-state index contributed by atoms with van der Waals surface area (Å²) in [6, 6.07) is 6.70. The van der Waals surface area contributed by atoms with E-state index in [9.17, 15) is 14.4 Å². The van der Waals surface area contributed by atoms with Gasteiger partial charge in [0.05, 0.1) is 5.52 Å². The highest BCUT2D eigenvalue weighted by Crippen LogP contribution is 2.36. The molecule has 2 aliphatic rings. The van der Waals surface area contributed by atoms with Gasteiger partial charge in [-0.1, -0.05) is 19.1 Å². The highest BCUT2D eigenvalue weighted by molar-refractivity contribution is 6.08. The molecule has 2 heterocycles. The van der Waals surface area contributed by atoms with Crippen molar-refractivity contribution in [3.05, 3.63) is 30.1 Å². The lowest BCUT2D eigenvalue weighted by molar-refractivity contribution is -0.149. The van der Waals surface area contributed by atoms with Crippen LogP contribution in [0.4, 0.5) is 10.6 Å². The minimum Gasteiger partial charge on any atom is -0.456 e. The number of para-hydroxylation sites is 1. The number of nitrogens with zero attached hydrogens (tertiary/aromatic N) is 3. The minimum absolute atomic E-state index is 0.194. The first-order valence-electron chi connectivity index (χ1n) is 9.69. The Balaban J connectivity index is 1.39. The number of aromatic nitrogens is 2. The molecular weight excluding hydrogens is 374 g/mol. The van der Waals surface area contributed by atoms with Gasteiger partial charge >= 0.3 is 12.0 Å². The second-order valence-corrected chi connectivity index (χ2v) is 7.79. The Morgan fingerprint density at radius 3 is 2.76 bits per heavy atom. The molecule has 0 unspecified atom stereocenters. The Morgan fingerprint density at radius 1 is 1.28 bits per heavy atom. The number of amides is 3. The standard InChI is InChI=1S/C20H23N5O4/c1-12-6-8-20(9-7-12)18(27)25(19(28)24-20)10-16(26)29-11-15-22-14-5-3-2-4-13(14)17(21)23-15/h2-5,12H,6-11H2,1H3,(H,24,28)(H2,21,22,23). The molecule has 2 fully saturated rings. The van der Waals surface area contributed by atoms with Crippen LogP contribution in [0.25, 0.3) is 10.9 Å². The van der Waals surface area contributed by atoms with Crippen LogP contribution < -0.4 is 11.1 Å². The number of benzene rings is 1. The Hall–Kier alpha value is -3.23. The fourth-order valence-corrected chi connectivity index (χ4v) is 3.95. The van der Waals surface area contributed by atoms with Crippen molar-refractivity contribution in [1.29, 1.82) is 0 Å². The highest BCUT2D eigenvalue weighted by Gasteiger charge is 2.52. The summed E-state index contributed by atoms with van der Waals surface area (Å²) in [6.07, 6.45) is 2.92. The first-order chi connectivity index (χ1) is 13.9. The zero-order valence-electron chi connectivity index (χ0n) is 16.2. The molecule has 4 rings (SSSR count). The molecule has 9 heteroatoms. The van der Waals surface area contributed by atoms with Crippen LogP contribution in [0.5, 0.6) is 0 Å². The molecular formula is C20H23N5O4. The van der Waals surface area contributed by atoms with Crippen LogP contribution in [0, 0.1) is 5.92 Å². The molecule has 152 valence electrons. The van der Waals surface area contributed by atoms with Gasteiger partial charge in [-0.25, -0.2) is 14.8 Å². The van der Waals surface area contributed by atoms with E-state index < -0.39 is 24.1 Å². The third-order valence-corrected chi connectivity index (χ3v) is 5.70. The summed E-state index contributed by atoms with van der Waals surface area (Å²) in [5, 5.41) is 3.50. The fraction of sp³-hybridized carbons (Fsp3) is 0.450. The summed E-state index contributed by atoms with van der Waals surface area (Å²) in [5.41, 5.74) is 5.69. The van der Waals surface area contributed by atoms with E-state index in [-0.39, 0.29) is 18.3 Å². The number of hydrogen-bond acceptors (Lipinski definition) is 7. The average molecular weight is 397 g/mol. The van der Waals surface area contributed by atoms with Crippen molar-refractivity contribution in [2.75, 3.05) is 12.3 Å². The molecule has 1 spiro atoms. The first-order valence-corrected chi connectivity index (χ1v) is 9.69. The lowest BCUT2D eigenvalue weighted by atomic mass is 9.77. The molecule has 1 aliphatic carbocycles. The molecule has 3 amide bonds. The third-order valence-electron chi connectivity index (χ3n) is 5.70. The van der Waals surface area contributed by atoms with Crippen molar-refractivity contribution in [3.63, 3.8) is 0 Å². The van der Waals surface area contributed by atoms with Gasteiger partial charge in [0.25, 0.3) is 5.91 Å². The SMILES string of the molecule is CC1CCC2(CC1)NC(=O)N(CC(=O)OCc1nc(N)c3ccccc3n1)C2=O. The lowest BCUT2D eigenvalue weighted by Crippen LogP contribution is -2.49. The smallest absolute Gasteiger partial charge is 0.326 e. The maximum atomic E-state index is 12.8. The van der Waals surface area contributed by atoms with Crippen LogP contribution in [-0.2, 0) is 20.9 Å². The fourth-order valence-electron chi connectivity index (χ4n) is 3.95. The molecule has 1 aromatic heterocycles. The van der Waals surface area contributed by atoms with Crippen molar-refractivity contribution >= 4 is 34.6 Å². The monoisotopic (exact) mass is 397 g/mol. The molecule has 1 saturated carbocycles. The summed E-state index contributed by atoms with van der Waals surface area (Å²) < 4.78 is 5.19. The zero-order chi connectivity index (χ0) is 20.6. The van der Waals surface area contributed by atoms with Crippen molar-refractivity contribution in [1.82, 2.24) is 20.2 Å². The second-order valence-electron chi connectivity index (χ2n) is 7.79. The summed E-state index contributed by atoms with van der Waals surface area (Å²) in [4.78, 5) is 46.7. The van der Waals surface area contributed by atoms with Gasteiger partial charge in [-0.2, -0.15) is 0 Å². The van der Waals surface area contributed by atoms with Gasteiger partial charge in [0.1, 0.15) is 17.9 Å². The Morgan fingerprint density at radius 2 is 2.00 bits per heavy atom. The molecule has 2 aromatic rings. The van der Waals surface area contributed by atoms with Gasteiger partial charge < -0.3 is 15.8 Å². The quantitative estimate of drug-likeness (QED) is 0.594. The van der Waals surface area contributed by atoms with Crippen molar-refractivity contribution in [2.24, 2.45) is 5.92 Å². The number of hydrogen-bond donors (Lipinski definition) is 2. The second kappa shape index (κ2) is 7.31. The molecule has 0 radical (unpaired) electrons. The topological polar surface area (TPSA) is 128 Å². The minimum atomic E-state index is -0.875. The number of nitrogens with two attached hydrogens (primary N) is 1. The Labute approximate surface area is 167 Å². The number of rotatable bonds is 4. The van der Waals surface area contributed by atoms with Gasteiger partial charge in [0.15, 0.2) is 12.4 Å². The summed E-state index contributed by atoms with van der Waals surface area (Å²) in [6.45, 7) is 1.50. The van der Waals surface area contributed by atoms with Gasteiger partial charge in [0.2, 0.25) is 0 Å². The maximum Gasteiger partial charge on any atom is 0.326 e. The van der Waals surface area contributed by atoms with E-state index in [1.54, 1.807) is 12.1 Å². The van der Waals surface area contributed by atoms with E-state index in [1.807, 2.05) is 12.1 Å². The molecule has 1 aromatic carbocycles. The number of nitrogen functional groups attached to an aromatic ring is 1. The normalized spacial score (nSPS) is 24.2. The average Bonchev–Trinajstić information content (AvgIpc) is 2.93. The molecule has 29 heavy (non-hydrogen) atoms. The third kappa shape index (κ3) is 3.59. The predicted octanol–water partition coefficient (Wildman–Crippen LogP) is 1.76. The molecule has 1 aliphatic heterocycles. The number of carbonyl (C=O) groups excluding carboxylic acids is 3. The maximum absolute atomic E-state index is 12.8. The van der Waals surface area contributed by atoms with Crippen LogP contribution in [0.3, 0.4) is 0 Å². The van der Waals surface area contributed by atoms with E-state index in [4.69, 9.17) is 10.5 Å². The number of imide groups is 1. The van der Waals surface area contributed by atoms with E-state index in [2.05, 4.69) is 22.2 Å². The zero-order valence-corrected chi connectivity index (χ0v) is 16.2. The number of fused-ring (bicyclic) bond motifs is 1. The number of esters is 1. The van der Waals surface area contributed by atoms with E-state index in [0.29, 0.717) is 35.5 Å². The van der Waals surface area contributed by atoms with Crippen molar-refractivity contribution < 1.29 is 19.1 Å². The summed E-state index contributed by atoms with van der Waals surface area (Å²) >= 11 is 0. The molecule has 1 saturated heterocycles. The van der Waals surface area contributed by atoms with Crippen LogP contribution in [0.1, 0.15) is 38.4 Å². The van der Waals surface area contributed by atoms with Crippen molar-refractivity contribution in [2.45, 2.75) is 44.8 Å².